The number of hydrogen-bond donors (Lipinski definition) is 3. The molecule has 0 aromatic heterocycles. The first kappa shape index (κ1) is 32.7. The molecule has 1 amide bonds. The molecule has 0 radical (unpaired) electrons. The second kappa shape index (κ2) is 12.1. The minimum absolute atomic E-state index is 0.211. The lowest BCUT2D eigenvalue weighted by molar-refractivity contribution is -0.202. The van der Waals surface area contributed by atoms with Crippen molar-refractivity contribution in [1.29, 1.82) is 0 Å². The first-order chi connectivity index (χ1) is 22.3. The van der Waals surface area contributed by atoms with Crippen molar-refractivity contribution in [2.24, 2.45) is 35.3 Å². The molecule has 4 aliphatic carbocycles. The summed E-state index contributed by atoms with van der Waals surface area (Å²) in [5.41, 5.74) is 3.33. The van der Waals surface area contributed by atoms with E-state index in [2.05, 4.69) is 0 Å². The molecule has 246 valence electrons. The number of aliphatic hydroxyl groups is 1. The van der Waals surface area contributed by atoms with Crippen LogP contribution in [0.5, 0.6) is 5.75 Å². The van der Waals surface area contributed by atoms with Crippen LogP contribution in [0.1, 0.15) is 53.6 Å². The fraction of sp³-hybridized carbons (Fsp3) is 0.429. The summed E-state index contributed by atoms with van der Waals surface area (Å²) in [5, 5.41) is 23.7. The Bertz CT molecular complexity index is 1730. The van der Waals surface area contributed by atoms with E-state index in [4.69, 9.17) is 22.1 Å². The molecule has 0 aliphatic heterocycles. The highest BCUT2D eigenvalue weighted by atomic mass is 35.5. The summed E-state index contributed by atoms with van der Waals surface area (Å²) in [5.74, 6) is -14.5. The summed E-state index contributed by atoms with van der Waals surface area (Å²) in [6, 6.07) is 9.56. The predicted molar refractivity (Wildman–Crippen MR) is 169 cm³/mol. The number of phenolic OH excluding ortho intramolecular Hbond substituents is 1. The number of esters is 1. The molecule has 2 unspecified atom stereocenters. The lowest BCUT2D eigenvalue weighted by atomic mass is 9.50. The Kier molecular flexibility index (Phi) is 8.44. The van der Waals surface area contributed by atoms with Gasteiger partial charge in [-0.3, -0.25) is 33.7 Å². The maximum atomic E-state index is 14.6. The number of ether oxygens (including phenoxy) is 1. The number of primary amides is 1. The highest BCUT2D eigenvalue weighted by Gasteiger charge is 2.74. The Morgan fingerprint density at radius 3 is 2.28 bits per heavy atom. The summed E-state index contributed by atoms with van der Waals surface area (Å²) in [6.07, 6.45) is 3.69. The number of nitrogens with two attached hydrogens (primary N) is 1. The molecule has 47 heavy (non-hydrogen) atoms. The lowest BCUT2D eigenvalue weighted by Crippen LogP contribution is -2.77. The number of Topliss-reactive ketones (excluding diaryl/α,β-unsaturated/α-hetero) is 4. The molecular weight excluding hydrogens is 628 g/mol. The van der Waals surface area contributed by atoms with Crippen molar-refractivity contribution in [3.8, 4) is 5.75 Å². The Morgan fingerprint density at radius 1 is 1.00 bits per heavy atom. The molecule has 7 atom stereocenters. The van der Waals surface area contributed by atoms with Gasteiger partial charge in [-0.25, -0.2) is 0 Å². The molecular formula is C35H35ClN2O9. The van der Waals surface area contributed by atoms with Crippen LogP contribution < -0.4 is 5.73 Å². The number of nitrogens with zero attached hydrogens (tertiary/aromatic N) is 1. The number of benzene rings is 2. The third kappa shape index (κ3) is 5.12. The van der Waals surface area contributed by atoms with E-state index in [1.165, 1.54) is 31.1 Å². The molecule has 0 spiro atoms. The predicted octanol–water partition coefficient (Wildman–Crippen LogP) is 2.62. The van der Waals surface area contributed by atoms with E-state index in [9.17, 15) is 39.0 Å². The monoisotopic (exact) mass is 662 g/mol. The van der Waals surface area contributed by atoms with Gasteiger partial charge < -0.3 is 20.7 Å². The number of likely N-dealkylation sites (N-methyl/N-ethyl adjacent to an activating group) is 1. The maximum absolute atomic E-state index is 14.6. The highest BCUT2D eigenvalue weighted by molar-refractivity contribution is 6.33. The van der Waals surface area contributed by atoms with Gasteiger partial charge in [0.05, 0.1) is 29.4 Å². The van der Waals surface area contributed by atoms with E-state index in [0.717, 1.165) is 19.3 Å². The average molecular weight is 663 g/mol. The van der Waals surface area contributed by atoms with E-state index in [1.54, 1.807) is 36.4 Å². The van der Waals surface area contributed by atoms with Gasteiger partial charge in [-0.15, -0.1) is 0 Å². The van der Waals surface area contributed by atoms with Crippen molar-refractivity contribution in [1.82, 2.24) is 4.90 Å². The van der Waals surface area contributed by atoms with Gasteiger partial charge in [0.15, 0.2) is 34.7 Å². The number of phenols is 1. The summed E-state index contributed by atoms with van der Waals surface area (Å²) >= 11 is 6.13. The summed E-state index contributed by atoms with van der Waals surface area (Å²) in [7, 11) is 2.94. The van der Waals surface area contributed by atoms with Gasteiger partial charge in [0.25, 0.3) is 0 Å². The van der Waals surface area contributed by atoms with Crippen LogP contribution in [0, 0.1) is 29.6 Å². The smallest absolute Gasteiger partial charge is 0.309 e. The first-order valence-corrected chi connectivity index (χ1v) is 16.0. The second-order valence-electron chi connectivity index (χ2n) is 13.1. The molecule has 4 N–H and O–H groups in total. The van der Waals surface area contributed by atoms with Crippen molar-refractivity contribution in [2.75, 3.05) is 14.1 Å². The van der Waals surface area contributed by atoms with E-state index in [-0.39, 0.29) is 11.1 Å². The summed E-state index contributed by atoms with van der Waals surface area (Å²) in [6.45, 7) is 0. The zero-order chi connectivity index (χ0) is 33.9. The Labute approximate surface area is 275 Å². The number of halogens is 1. The van der Waals surface area contributed by atoms with Crippen LogP contribution in [-0.4, -0.2) is 82.0 Å². The molecule has 2 aromatic carbocycles. The zero-order valence-corrected chi connectivity index (χ0v) is 26.6. The number of carbonyl (C=O) groups excluding carboxylic acids is 6. The summed E-state index contributed by atoms with van der Waals surface area (Å²) in [4.78, 5) is 84.6. The third-order valence-electron chi connectivity index (χ3n) is 10.2. The van der Waals surface area contributed by atoms with Crippen molar-refractivity contribution >= 4 is 58.3 Å². The van der Waals surface area contributed by atoms with Crippen molar-refractivity contribution in [3.05, 3.63) is 64.2 Å². The minimum Gasteiger partial charge on any atom is -0.507 e. The molecule has 6 rings (SSSR count). The number of hydrogen-bond acceptors (Lipinski definition) is 10. The number of rotatable bonds is 5. The van der Waals surface area contributed by atoms with Gasteiger partial charge in [-0.1, -0.05) is 61.2 Å². The van der Waals surface area contributed by atoms with Crippen molar-refractivity contribution in [3.63, 3.8) is 0 Å². The zero-order valence-electron chi connectivity index (χ0n) is 25.9. The Hall–Kier alpha value is -4.19. The van der Waals surface area contributed by atoms with Gasteiger partial charge in [0, 0.05) is 10.9 Å². The van der Waals surface area contributed by atoms with E-state index >= 15 is 0 Å². The van der Waals surface area contributed by atoms with Gasteiger partial charge in [-0.2, -0.15) is 0 Å². The highest BCUT2D eigenvalue weighted by Crippen LogP contribution is 2.55. The normalized spacial score (nSPS) is 31.7. The molecule has 3 fully saturated rings. The van der Waals surface area contributed by atoms with Crippen LogP contribution in [0.2, 0.25) is 5.02 Å². The number of amides is 1. The topological polar surface area (TPSA) is 181 Å². The fourth-order valence-corrected chi connectivity index (χ4v) is 8.22. The largest absolute Gasteiger partial charge is 0.507 e. The van der Waals surface area contributed by atoms with Crippen molar-refractivity contribution < 1.29 is 43.7 Å². The third-order valence-corrected chi connectivity index (χ3v) is 10.5. The number of ketones is 4. The van der Waals surface area contributed by atoms with E-state index < -0.39 is 88.1 Å². The SMILES string of the molecule is CN(C)[C@H]1C(=O)C(C(N)=O)C(=O)[C@]2(O)C(=O)C3C(=O)c4c(O)cccc4C(=Cc4ccc(Cl)cc4)[C@@H]3[C@@H](OC(=O)C3CCCCC3)[C@H]12. The standard InChI is InChI=1S/C35H35ClN2O9/c1-38(2)27-26-30(47-34(45)17-7-4-3-5-8-17)23-20(15-16-11-13-18(36)14-12-16)19-9-6-10-21(39)22(19)28(40)24(23)31(42)35(26,46)32(43)25(29(27)41)33(37)44/h6,9-15,17,23-27,30,39,46H,3-5,7-8H2,1-2H3,(H2,37,44)/t23-,24?,25?,26-,27+,30+,35+/m0/s1. The van der Waals surface area contributed by atoms with Gasteiger partial charge >= 0.3 is 5.97 Å². The van der Waals surface area contributed by atoms with Crippen LogP contribution in [0.3, 0.4) is 0 Å². The van der Waals surface area contributed by atoms with Crippen LogP contribution >= 0.6 is 11.6 Å². The van der Waals surface area contributed by atoms with Crippen LogP contribution in [0.15, 0.2) is 42.5 Å². The quantitative estimate of drug-likeness (QED) is 0.318. The molecule has 3 saturated carbocycles. The van der Waals surface area contributed by atoms with Crippen LogP contribution in [-0.2, 0) is 28.7 Å². The van der Waals surface area contributed by atoms with Crippen LogP contribution in [0.25, 0.3) is 11.6 Å². The van der Waals surface area contributed by atoms with Gasteiger partial charge in [0.2, 0.25) is 5.91 Å². The Morgan fingerprint density at radius 2 is 1.66 bits per heavy atom. The first-order valence-electron chi connectivity index (χ1n) is 15.6. The summed E-state index contributed by atoms with van der Waals surface area (Å²) < 4.78 is 6.26. The molecule has 2 aromatic rings. The lowest BCUT2D eigenvalue weighted by Gasteiger charge is -2.56. The molecule has 0 heterocycles. The fourth-order valence-electron chi connectivity index (χ4n) is 8.09. The molecule has 12 heteroatoms. The number of aromatic hydroxyl groups is 1. The number of fused-ring (bicyclic) bond motifs is 3. The molecule has 0 saturated heterocycles. The van der Waals surface area contributed by atoms with Gasteiger partial charge in [-0.05, 0) is 61.8 Å². The molecule has 11 nitrogen and oxygen atoms in total. The minimum atomic E-state index is -3.11. The molecule has 0 bridgehead atoms. The van der Waals surface area contributed by atoms with Crippen LogP contribution in [0.4, 0.5) is 0 Å². The van der Waals surface area contributed by atoms with Crippen molar-refractivity contribution in [2.45, 2.75) is 49.9 Å². The maximum Gasteiger partial charge on any atom is 0.309 e. The second-order valence-corrected chi connectivity index (χ2v) is 13.6. The Balaban J connectivity index is 1.64. The average Bonchev–Trinajstić information content (AvgIpc) is 3.03. The van der Waals surface area contributed by atoms with Gasteiger partial charge in [0.1, 0.15) is 11.9 Å². The molecule has 4 aliphatic rings. The number of carbonyl (C=O) groups is 6. The van der Waals surface area contributed by atoms with E-state index in [0.29, 0.717) is 29.0 Å². The van der Waals surface area contributed by atoms with E-state index in [1.807, 2.05) is 0 Å².